The van der Waals surface area contributed by atoms with Gasteiger partial charge < -0.3 is 10.6 Å². The number of primary amides is 1. The molecule has 0 saturated carbocycles. The fraction of sp³-hybridized carbons (Fsp3) is 0.533. The largest absolute Gasteiger partial charge is 0.370 e. The van der Waals surface area contributed by atoms with Crippen molar-refractivity contribution in [2.45, 2.75) is 32.2 Å². The minimum atomic E-state index is -3.24. The summed E-state index contributed by atoms with van der Waals surface area (Å²) in [6, 6.07) is 8.45. The lowest BCUT2D eigenvalue weighted by Gasteiger charge is -2.37. The molecule has 0 unspecified atom stereocenters. The highest BCUT2D eigenvalue weighted by atomic mass is 32.2. The van der Waals surface area contributed by atoms with E-state index in [1.54, 1.807) is 0 Å². The van der Waals surface area contributed by atoms with Crippen LogP contribution in [0.1, 0.15) is 25.3 Å². The van der Waals surface area contributed by atoms with Crippen molar-refractivity contribution in [1.82, 2.24) is 0 Å². The molecule has 116 valence electrons. The first-order valence-corrected chi connectivity index (χ1v) is 9.04. The van der Waals surface area contributed by atoms with Gasteiger partial charge >= 0.3 is 0 Å². The lowest BCUT2D eigenvalue weighted by atomic mass is 9.97. The second-order valence-corrected chi connectivity index (χ2v) is 7.88. The minimum Gasteiger partial charge on any atom is -0.370 e. The Kier molecular flexibility index (Phi) is 4.88. The van der Waals surface area contributed by atoms with E-state index in [1.165, 1.54) is 5.56 Å². The number of nitrogens with two attached hydrogens (primary N) is 1. The van der Waals surface area contributed by atoms with Crippen LogP contribution in [-0.2, 0) is 21.1 Å². The number of nitrogens with zero attached hydrogens (tertiary/aromatic N) is 1. The summed E-state index contributed by atoms with van der Waals surface area (Å²) in [4.78, 5) is 12.9. The molecule has 1 atom stereocenters. The number of aryl methyl sites for hydroxylation is 1. The fourth-order valence-electron chi connectivity index (χ4n) is 2.70. The quantitative estimate of drug-likeness (QED) is 0.854. The molecule has 0 bridgehead atoms. The number of anilines is 1. The third kappa shape index (κ3) is 4.20. The standard InChI is InChI=1S/C15H22N2O3S/c1-12-6-7-13-4-2-3-5-14(13)17(12)9-11-21(19,20)10-8-15(16)18/h2-5,12H,6-11H2,1H3,(H2,16,18)/t12-/m0/s1. The van der Waals surface area contributed by atoms with E-state index in [-0.39, 0.29) is 17.9 Å². The van der Waals surface area contributed by atoms with E-state index in [2.05, 4.69) is 17.9 Å². The van der Waals surface area contributed by atoms with E-state index in [0.717, 1.165) is 18.5 Å². The van der Waals surface area contributed by atoms with Crippen molar-refractivity contribution in [2.75, 3.05) is 23.0 Å². The van der Waals surface area contributed by atoms with Gasteiger partial charge in [0.25, 0.3) is 0 Å². The zero-order valence-corrected chi connectivity index (χ0v) is 13.1. The Morgan fingerprint density at radius 3 is 2.76 bits per heavy atom. The summed E-state index contributed by atoms with van der Waals surface area (Å²) < 4.78 is 23.9. The van der Waals surface area contributed by atoms with E-state index in [9.17, 15) is 13.2 Å². The summed E-state index contributed by atoms with van der Waals surface area (Å²) in [6.07, 6.45) is 1.95. The lowest BCUT2D eigenvalue weighted by molar-refractivity contribution is -0.117. The Morgan fingerprint density at radius 2 is 2.05 bits per heavy atom. The molecule has 2 N–H and O–H groups in total. The molecule has 6 heteroatoms. The normalized spacial score (nSPS) is 18.3. The van der Waals surface area contributed by atoms with Crippen molar-refractivity contribution in [3.8, 4) is 0 Å². The summed E-state index contributed by atoms with van der Waals surface area (Å²) in [7, 11) is -3.24. The third-order valence-electron chi connectivity index (χ3n) is 3.97. The van der Waals surface area contributed by atoms with Gasteiger partial charge in [-0.1, -0.05) is 18.2 Å². The number of hydrogen-bond donors (Lipinski definition) is 1. The minimum absolute atomic E-state index is 0.0545. The van der Waals surface area contributed by atoms with Crippen molar-refractivity contribution in [2.24, 2.45) is 5.73 Å². The van der Waals surface area contributed by atoms with Crippen LogP contribution in [0.3, 0.4) is 0 Å². The van der Waals surface area contributed by atoms with Gasteiger partial charge in [-0.15, -0.1) is 0 Å². The summed E-state index contributed by atoms with van der Waals surface area (Å²) in [5, 5.41) is 0. The number of rotatable bonds is 6. The summed E-state index contributed by atoms with van der Waals surface area (Å²) in [6.45, 7) is 2.57. The average Bonchev–Trinajstić information content (AvgIpc) is 2.44. The smallest absolute Gasteiger partial charge is 0.218 e. The van der Waals surface area contributed by atoms with Crippen LogP contribution in [0.15, 0.2) is 24.3 Å². The Bertz CT molecular complexity index is 613. The summed E-state index contributed by atoms with van der Waals surface area (Å²) in [5.41, 5.74) is 7.40. The van der Waals surface area contributed by atoms with Crippen LogP contribution in [0.5, 0.6) is 0 Å². The Balaban J connectivity index is 2.04. The highest BCUT2D eigenvalue weighted by Gasteiger charge is 2.24. The number of hydrogen-bond acceptors (Lipinski definition) is 4. The van der Waals surface area contributed by atoms with Crippen molar-refractivity contribution in [3.63, 3.8) is 0 Å². The van der Waals surface area contributed by atoms with E-state index in [4.69, 9.17) is 5.73 Å². The molecule has 0 spiro atoms. The number of fused-ring (bicyclic) bond motifs is 1. The van der Waals surface area contributed by atoms with Gasteiger partial charge in [0, 0.05) is 24.7 Å². The van der Waals surface area contributed by atoms with Gasteiger partial charge in [-0.3, -0.25) is 4.79 Å². The molecule has 21 heavy (non-hydrogen) atoms. The number of carbonyl (C=O) groups excluding carboxylic acids is 1. The monoisotopic (exact) mass is 310 g/mol. The molecule has 0 radical (unpaired) electrons. The topological polar surface area (TPSA) is 80.5 Å². The SMILES string of the molecule is C[C@H]1CCc2ccccc2N1CCS(=O)(=O)CCC(N)=O. The molecule has 1 aromatic carbocycles. The number of sulfone groups is 1. The van der Waals surface area contributed by atoms with Gasteiger partial charge in [-0.25, -0.2) is 8.42 Å². The van der Waals surface area contributed by atoms with Crippen LogP contribution < -0.4 is 10.6 Å². The maximum absolute atomic E-state index is 12.0. The third-order valence-corrected chi connectivity index (χ3v) is 5.60. The number of benzene rings is 1. The van der Waals surface area contributed by atoms with Crippen LogP contribution >= 0.6 is 0 Å². The van der Waals surface area contributed by atoms with E-state index in [1.807, 2.05) is 18.2 Å². The molecule has 2 rings (SSSR count). The van der Waals surface area contributed by atoms with Crippen molar-refractivity contribution >= 4 is 21.4 Å². The average molecular weight is 310 g/mol. The van der Waals surface area contributed by atoms with Crippen LogP contribution in [0.2, 0.25) is 0 Å². The van der Waals surface area contributed by atoms with Gasteiger partial charge in [-0.2, -0.15) is 0 Å². The first kappa shape index (κ1) is 15.8. The van der Waals surface area contributed by atoms with Gasteiger partial charge in [0.1, 0.15) is 0 Å². The Morgan fingerprint density at radius 1 is 1.33 bits per heavy atom. The zero-order chi connectivity index (χ0) is 15.5. The predicted molar refractivity (Wildman–Crippen MR) is 84.0 cm³/mol. The van der Waals surface area contributed by atoms with Gasteiger partial charge in [0.05, 0.1) is 11.5 Å². The van der Waals surface area contributed by atoms with E-state index in [0.29, 0.717) is 12.6 Å². The van der Waals surface area contributed by atoms with Crippen LogP contribution in [0.4, 0.5) is 5.69 Å². The maximum atomic E-state index is 12.0. The molecule has 5 nitrogen and oxygen atoms in total. The second kappa shape index (κ2) is 6.47. The molecular formula is C15H22N2O3S. The number of para-hydroxylation sites is 1. The van der Waals surface area contributed by atoms with E-state index >= 15 is 0 Å². The number of amides is 1. The van der Waals surface area contributed by atoms with Crippen molar-refractivity contribution < 1.29 is 13.2 Å². The molecule has 0 aliphatic carbocycles. The van der Waals surface area contributed by atoms with Crippen LogP contribution in [-0.4, -0.2) is 38.4 Å². The first-order valence-electron chi connectivity index (χ1n) is 7.22. The Labute approximate surface area is 126 Å². The molecule has 0 aromatic heterocycles. The lowest BCUT2D eigenvalue weighted by Crippen LogP contribution is -2.40. The highest BCUT2D eigenvalue weighted by Crippen LogP contribution is 2.30. The number of carbonyl (C=O) groups is 1. The summed E-state index contributed by atoms with van der Waals surface area (Å²) >= 11 is 0. The Hall–Kier alpha value is -1.56. The molecule has 1 aliphatic rings. The molecule has 1 heterocycles. The second-order valence-electron chi connectivity index (χ2n) is 5.58. The highest BCUT2D eigenvalue weighted by molar-refractivity contribution is 7.91. The van der Waals surface area contributed by atoms with Crippen LogP contribution in [0, 0.1) is 0 Å². The van der Waals surface area contributed by atoms with Crippen LogP contribution in [0.25, 0.3) is 0 Å². The fourth-order valence-corrected chi connectivity index (χ4v) is 3.89. The van der Waals surface area contributed by atoms with Gasteiger partial charge in [-0.05, 0) is 31.4 Å². The maximum Gasteiger partial charge on any atom is 0.218 e. The molecule has 1 amide bonds. The zero-order valence-electron chi connectivity index (χ0n) is 12.3. The van der Waals surface area contributed by atoms with Gasteiger partial charge in [0.15, 0.2) is 9.84 Å². The molecular weight excluding hydrogens is 288 g/mol. The van der Waals surface area contributed by atoms with Crippen molar-refractivity contribution in [3.05, 3.63) is 29.8 Å². The molecule has 0 saturated heterocycles. The molecule has 0 fully saturated rings. The first-order chi connectivity index (χ1) is 9.89. The summed E-state index contributed by atoms with van der Waals surface area (Å²) in [5.74, 6) is -0.680. The predicted octanol–water partition coefficient (Wildman–Crippen LogP) is 1.12. The molecule has 1 aromatic rings. The molecule has 1 aliphatic heterocycles. The van der Waals surface area contributed by atoms with Crippen molar-refractivity contribution in [1.29, 1.82) is 0 Å². The van der Waals surface area contributed by atoms with E-state index < -0.39 is 15.7 Å². The van der Waals surface area contributed by atoms with Gasteiger partial charge in [0.2, 0.25) is 5.91 Å².